The van der Waals surface area contributed by atoms with E-state index in [1.54, 1.807) is 6.33 Å². The van der Waals surface area contributed by atoms with Gasteiger partial charge in [-0.25, -0.2) is 19.7 Å². The van der Waals surface area contributed by atoms with Crippen molar-refractivity contribution in [2.45, 2.75) is 70.9 Å². The molecule has 1 N–H and O–H groups in total. The third kappa shape index (κ3) is 5.90. The van der Waals surface area contributed by atoms with Crippen LogP contribution in [0, 0.1) is 5.92 Å². The Morgan fingerprint density at radius 1 is 1.14 bits per heavy atom. The summed E-state index contributed by atoms with van der Waals surface area (Å²) >= 11 is 0. The lowest BCUT2D eigenvalue weighted by Gasteiger charge is -2.26. The highest BCUT2D eigenvalue weighted by Crippen LogP contribution is 2.34. The van der Waals surface area contributed by atoms with Crippen LogP contribution in [0.3, 0.4) is 0 Å². The van der Waals surface area contributed by atoms with Gasteiger partial charge in [0.25, 0.3) is 0 Å². The maximum absolute atomic E-state index is 13.2. The van der Waals surface area contributed by atoms with Crippen LogP contribution in [0.15, 0.2) is 43.0 Å². The molecule has 1 aromatic carbocycles. The van der Waals surface area contributed by atoms with Crippen molar-refractivity contribution < 1.29 is 19.1 Å². The Morgan fingerprint density at radius 2 is 1.95 bits per heavy atom. The average Bonchev–Trinajstić information content (AvgIpc) is 3.67. The van der Waals surface area contributed by atoms with E-state index in [4.69, 9.17) is 9.47 Å². The number of hydrogen-bond acceptors (Lipinski definition) is 8. The van der Waals surface area contributed by atoms with E-state index in [1.807, 2.05) is 53.6 Å². The third-order valence-corrected chi connectivity index (χ3v) is 6.84. The highest BCUT2D eigenvalue weighted by molar-refractivity contribution is 5.90. The minimum Gasteiger partial charge on any atom is -0.459 e. The Hall–Kier alpha value is -3.53. The van der Waals surface area contributed by atoms with E-state index in [1.165, 1.54) is 6.33 Å². The Morgan fingerprint density at radius 3 is 2.65 bits per heavy atom. The molecule has 37 heavy (non-hydrogen) atoms. The Labute approximate surface area is 216 Å². The van der Waals surface area contributed by atoms with Crippen molar-refractivity contribution in [1.29, 1.82) is 0 Å². The van der Waals surface area contributed by atoms with Crippen molar-refractivity contribution in [2.75, 3.05) is 18.1 Å². The molecule has 2 fully saturated rings. The summed E-state index contributed by atoms with van der Waals surface area (Å²) in [7, 11) is 0. The van der Waals surface area contributed by atoms with Gasteiger partial charge in [-0.15, -0.1) is 0 Å². The predicted octanol–water partition coefficient (Wildman–Crippen LogP) is 3.38. The van der Waals surface area contributed by atoms with E-state index in [9.17, 15) is 9.59 Å². The van der Waals surface area contributed by atoms with Crippen LogP contribution in [0.5, 0.6) is 0 Å². The van der Waals surface area contributed by atoms with Crippen molar-refractivity contribution in [3.8, 4) is 0 Å². The van der Waals surface area contributed by atoms with Gasteiger partial charge in [-0.05, 0) is 43.6 Å². The fraction of sp³-hybridized carbons (Fsp3) is 0.519. The smallest absolute Gasteiger partial charge is 0.329 e. The molecule has 1 aliphatic heterocycles. The number of nitrogens with zero attached hydrogens (tertiary/aromatic N) is 5. The number of rotatable bonds is 10. The summed E-state index contributed by atoms with van der Waals surface area (Å²) in [6, 6.07) is 8.95. The topological polar surface area (TPSA) is 111 Å². The number of fused-ring (bicyclic) bond motifs is 1. The van der Waals surface area contributed by atoms with Crippen molar-refractivity contribution >= 4 is 28.9 Å². The number of esters is 1. The second kappa shape index (κ2) is 11.2. The van der Waals surface area contributed by atoms with Gasteiger partial charge in [-0.2, -0.15) is 0 Å². The van der Waals surface area contributed by atoms with Gasteiger partial charge in [0.2, 0.25) is 5.91 Å². The molecule has 2 atom stereocenters. The highest BCUT2D eigenvalue weighted by atomic mass is 16.5. The first-order chi connectivity index (χ1) is 18.0. The molecule has 3 heterocycles. The number of carbonyl (C=O) groups is 2. The predicted molar refractivity (Wildman–Crippen MR) is 138 cm³/mol. The molecule has 3 aromatic rings. The monoisotopic (exact) mass is 506 g/mol. The molecule has 1 saturated heterocycles. The maximum Gasteiger partial charge on any atom is 0.329 e. The molecule has 2 aliphatic rings. The largest absolute Gasteiger partial charge is 0.459 e. The number of imidazole rings is 1. The van der Waals surface area contributed by atoms with Gasteiger partial charge in [0.05, 0.1) is 12.9 Å². The van der Waals surface area contributed by atoms with Gasteiger partial charge in [0.1, 0.15) is 25.2 Å². The first kappa shape index (κ1) is 25.1. The summed E-state index contributed by atoms with van der Waals surface area (Å²) in [6.45, 7) is 4.74. The SMILES string of the molecule is CC(C)[C@H](NC(=O)CN(c1ncnc2c1ncn2C1CCCCO1)C1CC1)C(=O)OCc1ccccc1. The summed E-state index contributed by atoms with van der Waals surface area (Å²) in [4.78, 5) is 41.6. The zero-order valence-electron chi connectivity index (χ0n) is 21.4. The molecule has 10 nitrogen and oxygen atoms in total. The summed E-state index contributed by atoms with van der Waals surface area (Å²) < 4.78 is 13.4. The van der Waals surface area contributed by atoms with Crippen LogP contribution in [0.25, 0.3) is 11.2 Å². The standard InChI is InChI=1S/C27H34N6O4/c1-18(2)23(27(35)37-15-19-8-4-3-5-9-19)31-21(34)14-32(20-11-12-20)25-24-26(29-16-28-25)33(17-30-24)22-10-6-7-13-36-22/h3-5,8-9,16-18,20,22-23H,6-7,10-15H2,1-2H3,(H,31,34)/t22?,23-/m0/s1. The first-order valence-electron chi connectivity index (χ1n) is 13.1. The van der Waals surface area contributed by atoms with E-state index >= 15 is 0 Å². The Balaban J connectivity index is 1.29. The van der Waals surface area contributed by atoms with Crippen molar-refractivity contribution in [3.05, 3.63) is 48.5 Å². The van der Waals surface area contributed by atoms with Gasteiger partial charge in [-0.1, -0.05) is 44.2 Å². The molecule has 196 valence electrons. The molecular formula is C27H34N6O4. The summed E-state index contributed by atoms with van der Waals surface area (Å²) in [5.74, 6) is -0.201. The molecule has 0 radical (unpaired) electrons. The minimum absolute atomic E-state index is 0.0682. The van der Waals surface area contributed by atoms with Gasteiger partial charge >= 0.3 is 5.97 Å². The number of hydrogen-bond donors (Lipinski definition) is 1. The molecule has 1 unspecified atom stereocenters. The fourth-order valence-electron chi connectivity index (χ4n) is 4.66. The van der Waals surface area contributed by atoms with Gasteiger partial charge in [0.15, 0.2) is 17.0 Å². The lowest BCUT2D eigenvalue weighted by molar-refractivity contribution is -0.150. The average molecular weight is 507 g/mol. The van der Waals surface area contributed by atoms with Crippen LogP contribution in [0.2, 0.25) is 0 Å². The number of ether oxygens (including phenoxy) is 2. The van der Waals surface area contributed by atoms with E-state index in [2.05, 4.69) is 20.3 Å². The minimum atomic E-state index is -0.745. The first-order valence-corrected chi connectivity index (χ1v) is 13.1. The van der Waals surface area contributed by atoms with Crippen LogP contribution in [-0.4, -0.2) is 56.6 Å². The quantitative estimate of drug-likeness (QED) is 0.417. The van der Waals surface area contributed by atoms with E-state index in [0.717, 1.165) is 44.3 Å². The van der Waals surface area contributed by atoms with Crippen LogP contribution < -0.4 is 10.2 Å². The fourth-order valence-corrected chi connectivity index (χ4v) is 4.66. The maximum atomic E-state index is 13.2. The molecule has 10 heteroatoms. The molecule has 5 rings (SSSR count). The number of aromatic nitrogens is 4. The molecule has 2 aromatic heterocycles. The molecule has 1 aliphatic carbocycles. The lowest BCUT2D eigenvalue weighted by atomic mass is 10.0. The second-order valence-corrected chi connectivity index (χ2v) is 10.1. The van der Waals surface area contributed by atoms with Crippen molar-refractivity contribution in [3.63, 3.8) is 0 Å². The van der Waals surface area contributed by atoms with E-state index < -0.39 is 12.0 Å². The zero-order valence-corrected chi connectivity index (χ0v) is 21.4. The number of anilines is 1. The molecular weight excluding hydrogens is 472 g/mol. The van der Waals surface area contributed by atoms with Gasteiger partial charge < -0.3 is 19.7 Å². The van der Waals surface area contributed by atoms with Crippen molar-refractivity contribution in [1.82, 2.24) is 24.8 Å². The lowest BCUT2D eigenvalue weighted by Crippen LogP contribution is -2.49. The second-order valence-electron chi connectivity index (χ2n) is 10.1. The molecule has 1 amide bonds. The third-order valence-electron chi connectivity index (χ3n) is 6.84. The van der Waals surface area contributed by atoms with Gasteiger partial charge in [0, 0.05) is 12.6 Å². The highest BCUT2D eigenvalue weighted by Gasteiger charge is 2.35. The van der Waals surface area contributed by atoms with Crippen LogP contribution >= 0.6 is 0 Å². The number of amides is 1. The van der Waals surface area contributed by atoms with Crippen LogP contribution in [0.1, 0.15) is 57.7 Å². The molecule has 0 bridgehead atoms. The molecule has 0 spiro atoms. The van der Waals surface area contributed by atoms with Crippen LogP contribution in [-0.2, 0) is 25.7 Å². The number of nitrogens with one attached hydrogen (secondary N) is 1. The van der Waals surface area contributed by atoms with E-state index in [-0.39, 0.29) is 37.2 Å². The van der Waals surface area contributed by atoms with Crippen molar-refractivity contribution in [2.24, 2.45) is 5.92 Å². The number of carbonyl (C=O) groups excluding carboxylic acids is 2. The normalized spacial score (nSPS) is 18.5. The zero-order chi connectivity index (χ0) is 25.8. The summed E-state index contributed by atoms with van der Waals surface area (Å²) in [6.07, 6.45) is 8.19. The summed E-state index contributed by atoms with van der Waals surface area (Å²) in [5.41, 5.74) is 2.25. The summed E-state index contributed by atoms with van der Waals surface area (Å²) in [5, 5.41) is 2.90. The van der Waals surface area contributed by atoms with Crippen LogP contribution in [0.4, 0.5) is 5.82 Å². The number of benzene rings is 1. The molecule has 1 saturated carbocycles. The Bertz CT molecular complexity index is 1220. The Kier molecular flexibility index (Phi) is 7.64. The van der Waals surface area contributed by atoms with Gasteiger partial charge in [-0.3, -0.25) is 9.36 Å². The van der Waals surface area contributed by atoms with E-state index in [0.29, 0.717) is 17.0 Å².